The molecule has 0 N–H and O–H groups in total. The fourth-order valence-corrected chi connectivity index (χ4v) is 2.22. The fraction of sp³-hybridized carbons (Fsp3) is 0.250. The normalized spacial score (nSPS) is 10.7. The molecule has 1 rings (SSSR count). The van der Waals surface area contributed by atoms with Crippen molar-refractivity contribution in [2.75, 3.05) is 0 Å². The Balaban J connectivity index is 3.08. The minimum atomic E-state index is -2.84. The summed E-state index contributed by atoms with van der Waals surface area (Å²) in [7, 11) is 0. The Hall–Kier alpha value is 0.130. The Morgan fingerprint density at radius 3 is 2.50 bits per heavy atom. The van der Waals surface area contributed by atoms with Crippen LogP contribution >= 0.6 is 43.5 Å². The van der Waals surface area contributed by atoms with E-state index in [0.29, 0.717) is 14.5 Å². The second-order valence-corrected chi connectivity index (χ2v) is 4.37. The van der Waals surface area contributed by atoms with Crippen LogP contribution in [0, 0.1) is 0 Å². The number of hydrogen-bond donors (Lipinski definition) is 0. The highest BCUT2D eigenvalue weighted by molar-refractivity contribution is 9.11. The maximum atomic E-state index is 12.0. The molecule has 14 heavy (non-hydrogen) atoms. The molecule has 1 aromatic carbocycles. The minimum Gasteiger partial charge on any atom is -0.434 e. The lowest BCUT2D eigenvalue weighted by molar-refractivity contribution is -0.0504. The van der Waals surface area contributed by atoms with Crippen LogP contribution in [0.15, 0.2) is 21.1 Å². The first-order valence-corrected chi connectivity index (χ1v) is 5.65. The maximum absolute atomic E-state index is 12.0. The first-order valence-electron chi connectivity index (χ1n) is 3.53. The van der Waals surface area contributed by atoms with Gasteiger partial charge in [-0.2, -0.15) is 8.78 Å². The predicted molar refractivity (Wildman–Crippen MR) is 58.0 cm³/mol. The SMILES string of the molecule is FC(F)Oc1cc(Br)cc(CCl)c1Br. The lowest BCUT2D eigenvalue weighted by atomic mass is 10.2. The lowest BCUT2D eigenvalue weighted by Crippen LogP contribution is -2.03. The summed E-state index contributed by atoms with van der Waals surface area (Å²) in [5.41, 5.74) is 0.691. The number of hydrogen-bond acceptors (Lipinski definition) is 1. The van der Waals surface area contributed by atoms with E-state index in [1.165, 1.54) is 6.07 Å². The molecular weight excluding hydrogens is 345 g/mol. The molecule has 0 radical (unpaired) electrons. The molecule has 0 fully saturated rings. The summed E-state index contributed by atoms with van der Waals surface area (Å²) in [5.74, 6) is 0.296. The third-order valence-electron chi connectivity index (χ3n) is 1.44. The number of rotatable bonds is 3. The highest BCUT2D eigenvalue weighted by Crippen LogP contribution is 2.34. The quantitative estimate of drug-likeness (QED) is 0.727. The monoisotopic (exact) mass is 348 g/mol. The summed E-state index contributed by atoms with van der Waals surface area (Å²) in [6, 6.07) is 3.18. The number of ether oxygens (including phenoxy) is 1. The zero-order chi connectivity index (χ0) is 10.7. The highest BCUT2D eigenvalue weighted by atomic mass is 79.9. The summed E-state index contributed by atoms with van der Waals surface area (Å²) in [4.78, 5) is 0. The second kappa shape index (κ2) is 5.28. The van der Waals surface area contributed by atoms with Crippen LogP contribution in [-0.4, -0.2) is 6.61 Å². The van der Waals surface area contributed by atoms with Gasteiger partial charge in [0.15, 0.2) is 0 Å². The average molecular weight is 350 g/mol. The first kappa shape index (κ1) is 12.2. The molecule has 0 aromatic heterocycles. The van der Waals surface area contributed by atoms with Crippen LogP contribution in [0.2, 0.25) is 0 Å². The Morgan fingerprint density at radius 1 is 1.36 bits per heavy atom. The van der Waals surface area contributed by atoms with Gasteiger partial charge in [0.2, 0.25) is 0 Å². The van der Waals surface area contributed by atoms with Crippen molar-refractivity contribution < 1.29 is 13.5 Å². The van der Waals surface area contributed by atoms with Gasteiger partial charge in [0.1, 0.15) is 5.75 Å². The van der Waals surface area contributed by atoms with Crippen LogP contribution in [0.1, 0.15) is 5.56 Å². The van der Waals surface area contributed by atoms with Crippen molar-refractivity contribution in [1.82, 2.24) is 0 Å². The average Bonchev–Trinajstić information content (AvgIpc) is 2.09. The standard InChI is InChI=1S/C8H5Br2ClF2O/c9-5-1-4(3-11)7(10)6(2-5)14-8(12)13/h1-2,8H,3H2. The molecule has 78 valence electrons. The van der Waals surface area contributed by atoms with Gasteiger partial charge >= 0.3 is 6.61 Å². The van der Waals surface area contributed by atoms with Crippen LogP contribution in [0.5, 0.6) is 5.75 Å². The molecule has 0 amide bonds. The third kappa shape index (κ3) is 3.07. The minimum absolute atomic E-state index is 0.0741. The Bertz CT molecular complexity index is 333. The van der Waals surface area contributed by atoms with Crippen molar-refractivity contribution in [2.45, 2.75) is 12.5 Å². The van der Waals surface area contributed by atoms with E-state index >= 15 is 0 Å². The van der Waals surface area contributed by atoms with Gasteiger partial charge in [0.05, 0.1) is 4.47 Å². The zero-order valence-corrected chi connectivity index (χ0v) is 10.7. The molecule has 0 heterocycles. The van der Waals surface area contributed by atoms with E-state index in [9.17, 15) is 8.78 Å². The Morgan fingerprint density at radius 2 is 2.00 bits per heavy atom. The third-order valence-corrected chi connectivity index (χ3v) is 3.09. The van der Waals surface area contributed by atoms with E-state index < -0.39 is 6.61 Å². The van der Waals surface area contributed by atoms with Crippen LogP contribution in [-0.2, 0) is 5.88 Å². The molecule has 0 saturated heterocycles. The molecule has 1 aromatic rings. The predicted octanol–water partition coefficient (Wildman–Crippen LogP) is 4.55. The van der Waals surface area contributed by atoms with Gasteiger partial charge in [0, 0.05) is 10.4 Å². The summed E-state index contributed by atoms with van der Waals surface area (Å²) in [6.45, 7) is -2.84. The van der Waals surface area contributed by atoms with E-state index in [1.807, 2.05) is 0 Å². The van der Waals surface area contributed by atoms with Crippen LogP contribution in [0.3, 0.4) is 0 Å². The Labute approximate surface area is 102 Å². The van der Waals surface area contributed by atoms with E-state index in [2.05, 4.69) is 36.6 Å². The molecule has 1 nitrogen and oxygen atoms in total. The molecule has 0 aliphatic heterocycles. The van der Waals surface area contributed by atoms with Gasteiger partial charge in [-0.1, -0.05) is 15.9 Å². The van der Waals surface area contributed by atoms with Crippen LogP contribution in [0.4, 0.5) is 8.78 Å². The molecule has 0 atom stereocenters. The molecule has 6 heteroatoms. The van der Waals surface area contributed by atoms with Gasteiger partial charge in [-0.25, -0.2) is 0 Å². The zero-order valence-electron chi connectivity index (χ0n) is 6.74. The molecule has 0 aliphatic rings. The van der Waals surface area contributed by atoms with Crippen molar-refractivity contribution in [2.24, 2.45) is 0 Å². The maximum Gasteiger partial charge on any atom is 0.387 e. The number of alkyl halides is 3. The van der Waals surface area contributed by atoms with Gasteiger partial charge in [-0.3, -0.25) is 0 Å². The lowest BCUT2D eigenvalue weighted by Gasteiger charge is -2.10. The molecule has 0 unspecified atom stereocenters. The van der Waals surface area contributed by atoms with Gasteiger partial charge in [-0.05, 0) is 33.6 Å². The summed E-state index contributed by atoms with van der Waals surface area (Å²) in [5, 5.41) is 0. The summed E-state index contributed by atoms with van der Waals surface area (Å²) in [6.07, 6.45) is 0. The summed E-state index contributed by atoms with van der Waals surface area (Å²) >= 11 is 11.9. The van der Waals surface area contributed by atoms with E-state index in [4.69, 9.17) is 11.6 Å². The molecule has 0 saturated carbocycles. The highest BCUT2D eigenvalue weighted by Gasteiger charge is 2.12. The molecular formula is C8H5Br2ClF2O. The smallest absolute Gasteiger partial charge is 0.387 e. The van der Waals surface area contributed by atoms with E-state index in [-0.39, 0.29) is 11.6 Å². The summed E-state index contributed by atoms with van der Waals surface area (Å²) < 4.78 is 29.4. The van der Waals surface area contributed by atoms with Crippen molar-refractivity contribution in [3.05, 3.63) is 26.6 Å². The Kier molecular flexibility index (Phi) is 4.60. The largest absolute Gasteiger partial charge is 0.434 e. The fourth-order valence-electron chi connectivity index (χ4n) is 0.897. The van der Waals surface area contributed by atoms with E-state index in [1.54, 1.807) is 6.07 Å². The molecule has 0 spiro atoms. The van der Waals surface area contributed by atoms with E-state index in [0.717, 1.165) is 0 Å². The van der Waals surface area contributed by atoms with Crippen molar-refractivity contribution >= 4 is 43.5 Å². The van der Waals surface area contributed by atoms with Crippen LogP contribution in [0.25, 0.3) is 0 Å². The molecule has 0 aliphatic carbocycles. The van der Waals surface area contributed by atoms with Gasteiger partial charge in [-0.15, -0.1) is 11.6 Å². The molecule has 0 bridgehead atoms. The van der Waals surface area contributed by atoms with Gasteiger partial charge < -0.3 is 4.74 Å². The van der Waals surface area contributed by atoms with Gasteiger partial charge in [0.25, 0.3) is 0 Å². The number of benzene rings is 1. The van der Waals surface area contributed by atoms with Crippen molar-refractivity contribution in [1.29, 1.82) is 0 Å². The number of halogens is 5. The second-order valence-electron chi connectivity index (χ2n) is 2.39. The topological polar surface area (TPSA) is 9.23 Å². The van der Waals surface area contributed by atoms with Crippen molar-refractivity contribution in [3.8, 4) is 5.75 Å². The van der Waals surface area contributed by atoms with Crippen molar-refractivity contribution in [3.63, 3.8) is 0 Å². The van der Waals surface area contributed by atoms with Crippen LogP contribution < -0.4 is 4.74 Å². The first-order chi connectivity index (χ1) is 6.54.